The van der Waals surface area contributed by atoms with Crippen molar-refractivity contribution in [3.05, 3.63) is 66.5 Å². The fourth-order valence-corrected chi connectivity index (χ4v) is 5.71. The number of fused-ring (bicyclic) bond motifs is 2. The zero-order valence-electron chi connectivity index (χ0n) is 18.9. The van der Waals surface area contributed by atoms with Crippen molar-refractivity contribution in [2.45, 2.75) is 43.5 Å². The Morgan fingerprint density at radius 2 is 1.88 bits per heavy atom. The van der Waals surface area contributed by atoms with Crippen LogP contribution in [0.4, 0.5) is 0 Å². The maximum Gasteiger partial charge on any atom is 0.0987 e. The number of benzene rings is 2. The molecule has 3 heterocycles. The van der Waals surface area contributed by atoms with Gasteiger partial charge in [-0.15, -0.1) is 11.8 Å². The maximum absolute atomic E-state index is 4.83. The van der Waals surface area contributed by atoms with Gasteiger partial charge in [0.25, 0.3) is 0 Å². The highest BCUT2D eigenvalue weighted by molar-refractivity contribution is 7.99. The van der Waals surface area contributed by atoms with E-state index in [4.69, 9.17) is 4.99 Å². The summed E-state index contributed by atoms with van der Waals surface area (Å²) in [4.78, 5) is 11.9. The van der Waals surface area contributed by atoms with E-state index in [0.29, 0.717) is 0 Å². The summed E-state index contributed by atoms with van der Waals surface area (Å²) >= 11 is 1.94. The molecule has 4 aromatic rings. The van der Waals surface area contributed by atoms with E-state index in [1.807, 2.05) is 11.8 Å². The molecule has 5 heteroatoms. The third kappa shape index (κ3) is 4.58. The van der Waals surface area contributed by atoms with Gasteiger partial charge in [-0.2, -0.15) is 0 Å². The quantitative estimate of drug-likeness (QED) is 0.241. The molecule has 0 atom stereocenters. The lowest BCUT2D eigenvalue weighted by Gasteiger charge is -2.10. The van der Waals surface area contributed by atoms with Crippen LogP contribution >= 0.6 is 11.8 Å². The predicted octanol–water partition coefficient (Wildman–Crippen LogP) is 6.36. The molecule has 1 aliphatic rings. The molecule has 1 saturated heterocycles. The smallest absolute Gasteiger partial charge is 0.0987 e. The molecular formula is C27H32N4S. The highest BCUT2D eigenvalue weighted by atomic mass is 32.2. The Kier molecular flexibility index (Phi) is 6.54. The summed E-state index contributed by atoms with van der Waals surface area (Å²) in [5, 5.41) is 2.74. The topological polar surface area (TPSA) is 36.3 Å². The molecule has 4 nitrogen and oxygen atoms in total. The number of aromatic amines is 1. The Hall–Kier alpha value is -2.66. The summed E-state index contributed by atoms with van der Waals surface area (Å²) in [5.41, 5.74) is 4.03. The largest absolute Gasteiger partial charge is 0.363 e. The summed E-state index contributed by atoms with van der Waals surface area (Å²) in [6.07, 6.45) is 10.4. The van der Waals surface area contributed by atoms with Gasteiger partial charge in [0.1, 0.15) is 0 Å². The van der Waals surface area contributed by atoms with Crippen LogP contribution in [0.2, 0.25) is 0 Å². The van der Waals surface area contributed by atoms with Crippen molar-refractivity contribution in [2.24, 2.45) is 4.99 Å². The fourth-order valence-electron chi connectivity index (χ4n) is 4.77. The fraction of sp³-hybridized carbons (Fsp3) is 0.370. The van der Waals surface area contributed by atoms with Gasteiger partial charge in [-0.05, 0) is 43.4 Å². The van der Waals surface area contributed by atoms with E-state index in [9.17, 15) is 0 Å². The van der Waals surface area contributed by atoms with Gasteiger partial charge >= 0.3 is 0 Å². The molecular weight excluding hydrogens is 412 g/mol. The van der Waals surface area contributed by atoms with Crippen molar-refractivity contribution in [3.8, 4) is 0 Å². The number of hydrogen-bond donors (Lipinski definition) is 1. The zero-order valence-corrected chi connectivity index (χ0v) is 19.7. The van der Waals surface area contributed by atoms with Gasteiger partial charge in [-0.25, -0.2) is 0 Å². The number of aliphatic imine (C=N–C) groups is 1. The molecule has 32 heavy (non-hydrogen) atoms. The van der Waals surface area contributed by atoms with E-state index < -0.39 is 0 Å². The number of amidine groups is 1. The molecule has 0 bridgehead atoms. The van der Waals surface area contributed by atoms with E-state index in [1.165, 1.54) is 57.4 Å². The number of unbranched alkanes of at least 4 members (excludes halogenated alkanes) is 1. The molecule has 0 radical (unpaired) electrons. The third-order valence-corrected chi connectivity index (χ3v) is 7.52. The second-order valence-corrected chi connectivity index (χ2v) is 9.83. The van der Waals surface area contributed by atoms with E-state index >= 15 is 0 Å². The first-order chi connectivity index (χ1) is 15.8. The minimum Gasteiger partial charge on any atom is -0.363 e. The van der Waals surface area contributed by atoms with Crippen molar-refractivity contribution in [1.29, 1.82) is 0 Å². The monoisotopic (exact) mass is 444 g/mol. The number of para-hydroxylation sites is 2. The van der Waals surface area contributed by atoms with Crippen molar-refractivity contribution in [3.63, 3.8) is 0 Å². The Labute approximate surface area is 194 Å². The van der Waals surface area contributed by atoms with Crippen LogP contribution in [-0.2, 0) is 13.0 Å². The highest BCUT2D eigenvalue weighted by Crippen LogP contribution is 2.30. The molecule has 0 aliphatic carbocycles. The van der Waals surface area contributed by atoms with Gasteiger partial charge in [0.05, 0.1) is 12.4 Å². The number of nitrogens with zero attached hydrogens (tertiary/aromatic N) is 3. The number of aromatic nitrogens is 2. The number of aryl methyl sites for hydroxylation is 2. The van der Waals surface area contributed by atoms with Crippen LogP contribution in [0.25, 0.3) is 21.8 Å². The average Bonchev–Trinajstić information content (AvgIpc) is 3.52. The minimum absolute atomic E-state index is 0.897. The molecule has 1 aliphatic heterocycles. The molecule has 2 aromatic carbocycles. The van der Waals surface area contributed by atoms with E-state index in [1.54, 1.807) is 0 Å². The van der Waals surface area contributed by atoms with Crippen LogP contribution in [0.3, 0.4) is 0 Å². The zero-order chi connectivity index (χ0) is 21.8. The van der Waals surface area contributed by atoms with Gasteiger partial charge < -0.3 is 14.5 Å². The Bertz CT molecular complexity index is 1220. The molecule has 166 valence electrons. The Morgan fingerprint density at radius 3 is 2.75 bits per heavy atom. The lowest BCUT2D eigenvalue weighted by Crippen LogP contribution is -2.19. The SMILES string of the molecule is CN1CCC/C1=N\CCSc1cn(CCCCc2c[nH]c3ccccc23)c2ccccc12. The number of hydrogen-bond acceptors (Lipinski definition) is 2. The molecule has 0 unspecified atom stereocenters. The summed E-state index contributed by atoms with van der Waals surface area (Å²) < 4.78 is 2.45. The van der Waals surface area contributed by atoms with Crippen LogP contribution in [0.1, 0.15) is 31.2 Å². The summed E-state index contributed by atoms with van der Waals surface area (Å²) in [6.45, 7) is 3.12. The first-order valence-electron chi connectivity index (χ1n) is 11.8. The van der Waals surface area contributed by atoms with Gasteiger partial charge in [-0.1, -0.05) is 36.4 Å². The standard InChI is InChI=1S/C27H32N4S/c1-30-16-8-14-27(30)28-15-18-32-26-20-31(25-13-5-3-11-23(25)26)17-7-6-9-21-19-29-24-12-4-2-10-22(21)24/h2-5,10-13,19-20,29H,6-9,14-18H2,1H3/b28-27+. The van der Waals surface area contributed by atoms with Crippen LogP contribution < -0.4 is 0 Å². The van der Waals surface area contributed by atoms with Gasteiger partial charge in [-0.3, -0.25) is 4.99 Å². The molecule has 1 N–H and O–H groups in total. The van der Waals surface area contributed by atoms with E-state index in [2.05, 4.69) is 82.4 Å². The molecule has 2 aromatic heterocycles. The van der Waals surface area contributed by atoms with Crippen LogP contribution in [0.5, 0.6) is 0 Å². The number of likely N-dealkylation sites (tertiary alicyclic amines) is 1. The Morgan fingerprint density at radius 1 is 1.03 bits per heavy atom. The van der Waals surface area contributed by atoms with E-state index in [0.717, 1.165) is 38.2 Å². The number of nitrogens with one attached hydrogen (secondary N) is 1. The second-order valence-electron chi connectivity index (χ2n) is 8.69. The van der Waals surface area contributed by atoms with Crippen LogP contribution in [0.15, 0.2) is 70.8 Å². The lowest BCUT2D eigenvalue weighted by atomic mass is 10.1. The summed E-state index contributed by atoms with van der Waals surface area (Å²) in [7, 11) is 2.16. The molecule has 0 amide bonds. The average molecular weight is 445 g/mol. The summed E-state index contributed by atoms with van der Waals surface area (Å²) in [5.74, 6) is 2.31. The molecule has 1 fully saturated rings. The lowest BCUT2D eigenvalue weighted by molar-refractivity contribution is 0.548. The third-order valence-electron chi connectivity index (χ3n) is 6.50. The molecule has 5 rings (SSSR count). The van der Waals surface area contributed by atoms with Crippen molar-refractivity contribution in [2.75, 3.05) is 25.9 Å². The summed E-state index contributed by atoms with van der Waals surface area (Å²) in [6, 6.07) is 17.4. The van der Waals surface area contributed by atoms with Crippen molar-refractivity contribution >= 4 is 39.4 Å². The second kappa shape index (κ2) is 9.86. The maximum atomic E-state index is 4.83. The van der Waals surface area contributed by atoms with Gasteiger partial charge in [0, 0.05) is 71.4 Å². The first kappa shape index (κ1) is 21.2. The predicted molar refractivity (Wildman–Crippen MR) is 138 cm³/mol. The molecule has 0 saturated carbocycles. The van der Waals surface area contributed by atoms with E-state index in [-0.39, 0.29) is 0 Å². The van der Waals surface area contributed by atoms with Crippen molar-refractivity contribution in [1.82, 2.24) is 14.5 Å². The van der Waals surface area contributed by atoms with Crippen molar-refractivity contribution < 1.29 is 0 Å². The Balaban J connectivity index is 1.19. The van der Waals surface area contributed by atoms with Crippen LogP contribution in [-0.4, -0.2) is 46.2 Å². The molecule has 0 spiro atoms. The first-order valence-corrected chi connectivity index (χ1v) is 12.8. The van der Waals surface area contributed by atoms with Gasteiger partial charge in [0.15, 0.2) is 0 Å². The van der Waals surface area contributed by atoms with Crippen LogP contribution in [0, 0.1) is 0 Å². The normalized spacial score (nSPS) is 15.5. The number of H-pyrrole nitrogens is 1. The number of thioether (sulfide) groups is 1. The van der Waals surface area contributed by atoms with Gasteiger partial charge in [0.2, 0.25) is 0 Å². The number of rotatable bonds is 9. The highest BCUT2D eigenvalue weighted by Gasteiger charge is 2.13. The minimum atomic E-state index is 0.897.